The lowest BCUT2D eigenvalue weighted by atomic mass is 9.77. The van der Waals surface area contributed by atoms with Crippen molar-refractivity contribution in [3.8, 4) is 6.07 Å². The lowest BCUT2D eigenvalue weighted by Gasteiger charge is -2.39. The second-order valence-corrected chi connectivity index (χ2v) is 9.35. The maximum atomic E-state index is 11.0. The quantitative estimate of drug-likeness (QED) is 0.603. The van der Waals surface area contributed by atoms with Gasteiger partial charge in [-0.2, -0.15) is 5.26 Å². The van der Waals surface area contributed by atoms with E-state index in [0.717, 1.165) is 24.5 Å². The van der Waals surface area contributed by atoms with Crippen molar-refractivity contribution in [3.63, 3.8) is 0 Å². The minimum atomic E-state index is -0.448. The van der Waals surface area contributed by atoms with Crippen LogP contribution in [0.4, 0.5) is 11.5 Å². The molecule has 0 radical (unpaired) electrons. The van der Waals surface area contributed by atoms with Crippen LogP contribution < -0.4 is 16.0 Å². The maximum Gasteiger partial charge on any atom is 0.241 e. The van der Waals surface area contributed by atoms with Gasteiger partial charge in [-0.15, -0.1) is 0 Å². The van der Waals surface area contributed by atoms with Crippen LogP contribution in [0.2, 0.25) is 0 Å². The third-order valence-corrected chi connectivity index (χ3v) is 6.98. The summed E-state index contributed by atoms with van der Waals surface area (Å²) in [5.74, 6) is 1.73. The van der Waals surface area contributed by atoms with E-state index in [1.807, 2.05) is 24.3 Å². The third kappa shape index (κ3) is 6.35. The van der Waals surface area contributed by atoms with Gasteiger partial charge in [-0.05, 0) is 92.0 Å². The van der Waals surface area contributed by atoms with Gasteiger partial charge < -0.3 is 16.0 Å². The van der Waals surface area contributed by atoms with E-state index < -0.39 is 5.91 Å². The van der Waals surface area contributed by atoms with Crippen LogP contribution in [0.25, 0.3) is 6.08 Å². The summed E-state index contributed by atoms with van der Waals surface area (Å²) in [7, 11) is 0. The molecule has 1 saturated carbocycles. The average molecular weight is 444 g/mol. The van der Waals surface area contributed by atoms with E-state index in [0.29, 0.717) is 23.4 Å². The SMILES string of the molecule is N#Cc1ccc(N2CCCC(C[C@@H]3CCCC[C@H]3Nc3cc(/C=C\C(N)=O)ccn3)C2)cc1. The largest absolute Gasteiger partial charge is 0.371 e. The molecule has 1 saturated heterocycles. The van der Waals surface area contributed by atoms with Crippen molar-refractivity contribution >= 4 is 23.5 Å². The molecule has 1 aliphatic heterocycles. The lowest BCUT2D eigenvalue weighted by molar-refractivity contribution is -0.113. The summed E-state index contributed by atoms with van der Waals surface area (Å²) in [4.78, 5) is 18.0. The van der Waals surface area contributed by atoms with E-state index in [9.17, 15) is 4.79 Å². The first kappa shape index (κ1) is 22.8. The molecule has 0 spiro atoms. The van der Waals surface area contributed by atoms with Gasteiger partial charge in [-0.1, -0.05) is 12.8 Å². The van der Waals surface area contributed by atoms with E-state index in [1.54, 1.807) is 12.3 Å². The van der Waals surface area contributed by atoms with Crippen molar-refractivity contribution in [2.24, 2.45) is 17.6 Å². The summed E-state index contributed by atoms with van der Waals surface area (Å²) in [5, 5.41) is 12.8. The Hall–Kier alpha value is -3.33. The van der Waals surface area contributed by atoms with Crippen LogP contribution in [-0.4, -0.2) is 30.0 Å². The Balaban J connectivity index is 1.38. The van der Waals surface area contributed by atoms with Crippen molar-refractivity contribution in [2.45, 2.75) is 51.0 Å². The van der Waals surface area contributed by atoms with Gasteiger partial charge in [0, 0.05) is 37.1 Å². The highest BCUT2D eigenvalue weighted by Crippen LogP contribution is 2.35. The van der Waals surface area contributed by atoms with E-state index in [2.05, 4.69) is 33.4 Å². The Bertz CT molecular complexity index is 1010. The fourth-order valence-corrected chi connectivity index (χ4v) is 5.34. The number of nitrogens with zero attached hydrogens (tertiary/aromatic N) is 3. The number of pyridine rings is 1. The first-order chi connectivity index (χ1) is 16.1. The van der Waals surface area contributed by atoms with Crippen molar-refractivity contribution in [1.29, 1.82) is 5.26 Å². The zero-order valence-electron chi connectivity index (χ0n) is 19.1. The number of hydrogen-bond acceptors (Lipinski definition) is 5. The number of primary amides is 1. The van der Waals surface area contributed by atoms with Gasteiger partial charge in [0.2, 0.25) is 5.91 Å². The lowest BCUT2D eigenvalue weighted by Crippen LogP contribution is -2.39. The Morgan fingerprint density at radius 3 is 2.79 bits per heavy atom. The first-order valence-corrected chi connectivity index (χ1v) is 12.1. The number of piperidine rings is 1. The molecule has 33 heavy (non-hydrogen) atoms. The Morgan fingerprint density at radius 2 is 2.00 bits per heavy atom. The summed E-state index contributed by atoms with van der Waals surface area (Å²) in [6, 6.07) is 14.5. The van der Waals surface area contributed by atoms with Crippen LogP contribution in [0.15, 0.2) is 48.7 Å². The molecule has 6 nitrogen and oxygen atoms in total. The highest BCUT2D eigenvalue weighted by molar-refractivity contribution is 5.90. The molecular formula is C27H33N5O. The Morgan fingerprint density at radius 1 is 1.18 bits per heavy atom. The summed E-state index contributed by atoms with van der Waals surface area (Å²) in [5.41, 5.74) is 8.08. The Labute approximate surface area is 196 Å². The smallest absolute Gasteiger partial charge is 0.241 e. The number of rotatable bonds is 7. The van der Waals surface area contributed by atoms with Crippen LogP contribution in [0.1, 0.15) is 56.1 Å². The van der Waals surface area contributed by atoms with Crippen LogP contribution in [0.5, 0.6) is 0 Å². The van der Waals surface area contributed by atoms with Crippen LogP contribution >= 0.6 is 0 Å². The third-order valence-electron chi connectivity index (χ3n) is 6.98. The molecular weight excluding hydrogens is 410 g/mol. The molecule has 4 rings (SSSR count). The zero-order valence-corrected chi connectivity index (χ0v) is 19.1. The van der Waals surface area contributed by atoms with Gasteiger partial charge in [-0.3, -0.25) is 4.79 Å². The van der Waals surface area contributed by atoms with Gasteiger partial charge in [-0.25, -0.2) is 4.98 Å². The number of hydrogen-bond donors (Lipinski definition) is 2. The first-order valence-electron chi connectivity index (χ1n) is 12.1. The molecule has 172 valence electrons. The molecule has 6 heteroatoms. The van der Waals surface area contributed by atoms with Crippen molar-refractivity contribution in [2.75, 3.05) is 23.3 Å². The standard InChI is InChI=1S/C27H33N5O/c28-18-21-7-10-24(11-8-21)32-15-3-4-22(19-32)16-23-5-1-2-6-25(23)31-27-17-20(13-14-30-27)9-12-26(29)33/h7-14,17,22-23,25H,1-6,15-16,19H2,(H2,29,33)(H,30,31)/b12-9-/t22?,23-,25+/m0/s1. The minimum absolute atomic E-state index is 0.423. The van der Waals surface area contributed by atoms with Gasteiger partial charge in [0.05, 0.1) is 11.6 Å². The minimum Gasteiger partial charge on any atom is -0.371 e. The van der Waals surface area contributed by atoms with Crippen LogP contribution in [0, 0.1) is 23.2 Å². The number of nitrogens with one attached hydrogen (secondary N) is 1. The topological polar surface area (TPSA) is 95.0 Å². The fourth-order valence-electron chi connectivity index (χ4n) is 5.34. The van der Waals surface area contributed by atoms with E-state index in [1.165, 1.54) is 56.7 Å². The maximum absolute atomic E-state index is 11.0. The summed E-state index contributed by atoms with van der Waals surface area (Å²) < 4.78 is 0. The van der Waals surface area contributed by atoms with Crippen molar-refractivity contribution < 1.29 is 4.79 Å². The number of benzene rings is 1. The second kappa shape index (κ2) is 11.0. The molecule has 3 atom stereocenters. The highest BCUT2D eigenvalue weighted by Gasteiger charge is 2.30. The summed E-state index contributed by atoms with van der Waals surface area (Å²) in [6.07, 6.45) is 13.6. The number of nitrogens with two attached hydrogens (primary N) is 1. The van der Waals surface area contributed by atoms with E-state index in [-0.39, 0.29) is 0 Å². The average Bonchev–Trinajstić information content (AvgIpc) is 2.84. The number of carbonyl (C=O) groups excluding carboxylic acids is 1. The van der Waals surface area contributed by atoms with Gasteiger partial charge in [0.25, 0.3) is 0 Å². The second-order valence-electron chi connectivity index (χ2n) is 9.35. The monoisotopic (exact) mass is 443 g/mol. The van der Waals surface area contributed by atoms with E-state index in [4.69, 9.17) is 11.0 Å². The summed E-state index contributed by atoms with van der Waals surface area (Å²) >= 11 is 0. The molecule has 1 aliphatic carbocycles. The molecule has 2 fully saturated rings. The van der Waals surface area contributed by atoms with E-state index >= 15 is 0 Å². The molecule has 3 N–H and O–H groups in total. The molecule has 1 aromatic carbocycles. The van der Waals surface area contributed by atoms with Crippen LogP contribution in [0.3, 0.4) is 0 Å². The number of anilines is 2. The molecule has 1 amide bonds. The molecule has 1 unspecified atom stereocenters. The normalized spacial score (nSPS) is 23.2. The van der Waals surface area contributed by atoms with Gasteiger partial charge in [0.15, 0.2) is 0 Å². The fraction of sp³-hybridized carbons (Fsp3) is 0.444. The number of nitriles is 1. The number of carbonyl (C=O) groups is 1. The van der Waals surface area contributed by atoms with Crippen LogP contribution in [-0.2, 0) is 4.79 Å². The molecule has 0 bridgehead atoms. The van der Waals surface area contributed by atoms with Crippen molar-refractivity contribution in [3.05, 3.63) is 59.8 Å². The number of amides is 1. The zero-order chi connectivity index (χ0) is 23.0. The van der Waals surface area contributed by atoms with Gasteiger partial charge in [0.1, 0.15) is 5.82 Å². The predicted molar refractivity (Wildman–Crippen MR) is 133 cm³/mol. The highest BCUT2D eigenvalue weighted by atomic mass is 16.1. The van der Waals surface area contributed by atoms with Crippen molar-refractivity contribution in [1.82, 2.24) is 4.98 Å². The van der Waals surface area contributed by atoms with Gasteiger partial charge >= 0.3 is 0 Å². The molecule has 2 aliphatic rings. The Kier molecular flexibility index (Phi) is 7.62. The number of aromatic nitrogens is 1. The molecule has 1 aromatic heterocycles. The predicted octanol–water partition coefficient (Wildman–Crippen LogP) is 4.73. The molecule has 2 heterocycles. The summed E-state index contributed by atoms with van der Waals surface area (Å²) in [6.45, 7) is 2.17. The molecule has 2 aromatic rings.